The van der Waals surface area contributed by atoms with Gasteiger partial charge in [0.25, 0.3) is 0 Å². The van der Waals surface area contributed by atoms with Crippen LogP contribution in [0.3, 0.4) is 0 Å². The van der Waals surface area contributed by atoms with Gasteiger partial charge in [0, 0.05) is 0 Å². The van der Waals surface area contributed by atoms with Crippen molar-refractivity contribution in [2.45, 2.75) is 0 Å². The molecule has 0 spiro atoms. The van der Waals surface area contributed by atoms with E-state index in [0.29, 0.717) is 0 Å². The minimum absolute atomic E-state index is 0. The molecule has 52 valence electrons. The Morgan fingerprint density at radius 3 is 0.786 bits per heavy atom. The molecule has 0 saturated heterocycles. The first kappa shape index (κ1) is 24.3. The van der Waals surface area contributed by atoms with E-state index in [1.165, 1.54) is 0 Å². The zero-order valence-electron chi connectivity index (χ0n) is 9.13. The van der Waals surface area contributed by atoms with Gasteiger partial charge in [-0.1, -0.05) is 0 Å². The molecular formula is C8H4Li4O2. The molecule has 14 heavy (non-hydrogen) atoms. The summed E-state index contributed by atoms with van der Waals surface area (Å²) in [5, 5.41) is 0. The molecule has 0 amide bonds. The second-order valence-corrected chi connectivity index (χ2v) is 1.34. The predicted molar refractivity (Wildman–Crippen MR) is 32.8 cm³/mol. The van der Waals surface area contributed by atoms with E-state index in [0.717, 1.165) is 0 Å². The fourth-order valence-electron chi connectivity index (χ4n) is 0.340. The zero-order valence-corrected chi connectivity index (χ0v) is 9.13. The molecule has 2 aromatic rings. The van der Waals surface area contributed by atoms with Crippen LogP contribution in [0.5, 0.6) is 0 Å². The summed E-state index contributed by atoms with van der Waals surface area (Å²) in [5.41, 5.74) is 0. The summed E-state index contributed by atoms with van der Waals surface area (Å²) in [6.45, 7) is 0. The SMILES string of the molecule is [Li+].[Li+].[Li+].[Li+].[c-]1cc[c-]o1.[c-]1cc[c-]o1. The molecule has 0 atom stereocenters. The molecular weight excluding hydrogens is 156 g/mol. The van der Waals surface area contributed by atoms with Crippen molar-refractivity contribution in [3.63, 3.8) is 0 Å². The summed E-state index contributed by atoms with van der Waals surface area (Å²) < 4.78 is 8.67. The predicted octanol–water partition coefficient (Wildman–Crippen LogP) is -10.2. The molecule has 2 rings (SSSR count). The number of furan rings is 2. The largest absolute Gasteiger partial charge is 1.00 e. The van der Waals surface area contributed by atoms with Crippen LogP contribution in [0.2, 0.25) is 0 Å². The van der Waals surface area contributed by atoms with Gasteiger partial charge in [0.1, 0.15) is 0 Å². The average molecular weight is 160 g/mol. The molecule has 2 heterocycles. The number of hydrogen-bond donors (Lipinski definition) is 0. The second kappa shape index (κ2) is 19.5. The van der Waals surface area contributed by atoms with E-state index < -0.39 is 0 Å². The van der Waals surface area contributed by atoms with Gasteiger partial charge < -0.3 is 21.0 Å². The van der Waals surface area contributed by atoms with Gasteiger partial charge in [-0.05, 0) is 0 Å². The fraction of sp³-hybridized carbons (Fsp3) is 0. The van der Waals surface area contributed by atoms with Crippen molar-refractivity contribution >= 4 is 0 Å². The average Bonchev–Trinajstić information content (AvgIpc) is 2.67. The number of hydrogen-bond acceptors (Lipinski definition) is 2. The molecule has 0 aliphatic carbocycles. The topological polar surface area (TPSA) is 26.3 Å². The van der Waals surface area contributed by atoms with Crippen LogP contribution in [-0.2, 0) is 0 Å². The Morgan fingerprint density at radius 1 is 0.500 bits per heavy atom. The third kappa shape index (κ3) is 15.4. The molecule has 0 bridgehead atoms. The minimum Gasteiger partial charge on any atom is -0.745 e. The second-order valence-electron chi connectivity index (χ2n) is 1.34. The van der Waals surface area contributed by atoms with Crippen molar-refractivity contribution in [3.05, 3.63) is 49.3 Å². The molecule has 0 radical (unpaired) electrons. The molecule has 6 heteroatoms. The van der Waals surface area contributed by atoms with Crippen molar-refractivity contribution in [1.29, 1.82) is 0 Å². The zero-order chi connectivity index (χ0) is 7.07. The first-order valence-electron chi connectivity index (χ1n) is 2.64. The molecule has 0 fully saturated rings. The van der Waals surface area contributed by atoms with Gasteiger partial charge in [-0.3, -0.25) is 24.7 Å². The Kier molecular flexibility index (Phi) is 33.8. The molecule has 2 aromatic heterocycles. The Balaban J connectivity index is -0.0000000556. The first-order valence-corrected chi connectivity index (χ1v) is 2.64. The smallest absolute Gasteiger partial charge is 0.745 e. The molecule has 0 aliphatic rings. The maximum atomic E-state index is 4.33. The molecule has 0 aliphatic heterocycles. The minimum atomic E-state index is 0. The summed E-state index contributed by atoms with van der Waals surface area (Å²) in [6.07, 6.45) is 9.72. The standard InChI is InChI=1S/2C4H2O.4Li/c2*1-2-4-5-3-1;;;;/h2*1-2H;;;;/q2*-2;4*+1. The van der Waals surface area contributed by atoms with Crippen LogP contribution < -0.4 is 75.4 Å². The fourth-order valence-corrected chi connectivity index (χ4v) is 0.340. The third-order valence-corrected chi connectivity index (χ3v) is 0.675. The quantitative estimate of drug-likeness (QED) is 0.282. The maximum absolute atomic E-state index is 4.33. The van der Waals surface area contributed by atoms with Gasteiger partial charge in [-0.2, -0.15) is 12.5 Å². The maximum Gasteiger partial charge on any atom is 1.00 e. The van der Waals surface area contributed by atoms with Crippen LogP contribution >= 0.6 is 0 Å². The van der Waals surface area contributed by atoms with E-state index in [1.807, 2.05) is 0 Å². The Hall–Kier alpha value is 0.950. The summed E-state index contributed by atoms with van der Waals surface area (Å²) in [4.78, 5) is 0. The van der Waals surface area contributed by atoms with Crippen LogP contribution in [0.4, 0.5) is 0 Å². The van der Waals surface area contributed by atoms with Gasteiger partial charge in [0.05, 0.1) is 0 Å². The number of rotatable bonds is 0. The van der Waals surface area contributed by atoms with Crippen LogP contribution in [0.25, 0.3) is 0 Å². The van der Waals surface area contributed by atoms with Crippen molar-refractivity contribution < 1.29 is 84.3 Å². The van der Waals surface area contributed by atoms with Gasteiger partial charge in [0.15, 0.2) is 0 Å². The summed E-state index contributed by atoms with van der Waals surface area (Å²) >= 11 is 0. The van der Waals surface area contributed by atoms with Gasteiger partial charge in [0.2, 0.25) is 0 Å². The van der Waals surface area contributed by atoms with Crippen LogP contribution in [0, 0.1) is 25.1 Å². The van der Waals surface area contributed by atoms with E-state index in [1.54, 1.807) is 24.3 Å². The van der Waals surface area contributed by atoms with Crippen LogP contribution in [0.15, 0.2) is 33.1 Å². The third-order valence-electron chi connectivity index (χ3n) is 0.675. The molecule has 0 N–H and O–H groups in total. The summed E-state index contributed by atoms with van der Waals surface area (Å²) in [7, 11) is 0. The van der Waals surface area contributed by atoms with E-state index in [4.69, 9.17) is 0 Å². The van der Waals surface area contributed by atoms with E-state index in [-0.39, 0.29) is 75.4 Å². The van der Waals surface area contributed by atoms with Crippen molar-refractivity contribution in [3.8, 4) is 0 Å². The normalized spacial score (nSPS) is 5.71. The van der Waals surface area contributed by atoms with Gasteiger partial charge >= 0.3 is 75.4 Å². The Labute approximate surface area is 132 Å². The van der Waals surface area contributed by atoms with Crippen LogP contribution in [0.1, 0.15) is 0 Å². The molecule has 2 nitrogen and oxygen atoms in total. The van der Waals surface area contributed by atoms with Crippen molar-refractivity contribution in [1.82, 2.24) is 0 Å². The summed E-state index contributed by atoms with van der Waals surface area (Å²) in [6, 6.07) is 6.61. The monoisotopic (exact) mass is 160 g/mol. The van der Waals surface area contributed by atoms with Crippen molar-refractivity contribution in [2.75, 3.05) is 0 Å². The van der Waals surface area contributed by atoms with Crippen molar-refractivity contribution in [2.24, 2.45) is 0 Å². The molecule has 0 unspecified atom stereocenters. The van der Waals surface area contributed by atoms with Gasteiger partial charge in [-0.25, -0.2) is 0 Å². The van der Waals surface area contributed by atoms with Gasteiger partial charge in [-0.15, -0.1) is 0 Å². The van der Waals surface area contributed by atoms with E-state index in [2.05, 4.69) is 33.9 Å². The van der Waals surface area contributed by atoms with E-state index in [9.17, 15) is 0 Å². The first-order chi connectivity index (χ1) is 5.00. The molecule has 0 aromatic carbocycles. The van der Waals surface area contributed by atoms with Crippen LogP contribution in [-0.4, -0.2) is 0 Å². The summed E-state index contributed by atoms with van der Waals surface area (Å²) in [5.74, 6) is 0. The molecule has 0 saturated carbocycles. The van der Waals surface area contributed by atoms with E-state index >= 15 is 0 Å². The Morgan fingerprint density at radius 2 is 0.714 bits per heavy atom. The Bertz CT molecular complexity index is 159.